The molecule has 3 rings (SSSR count). The molecule has 0 atom stereocenters. The predicted molar refractivity (Wildman–Crippen MR) is 110 cm³/mol. The SMILES string of the molecule is CCOc1ccc(C(=O)Nc2nnc(CCc3ccccc3)s2)cc1OCC. The molecule has 0 aliphatic carbocycles. The fourth-order valence-electron chi connectivity index (χ4n) is 2.66. The Morgan fingerprint density at radius 2 is 1.71 bits per heavy atom. The van der Waals surface area contributed by atoms with Crippen LogP contribution in [0.25, 0.3) is 0 Å². The zero-order chi connectivity index (χ0) is 19.8. The minimum Gasteiger partial charge on any atom is -0.490 e. The normalized spacial score (nSPS) is 10.5. The minimum absolute atomic E-state index is 0.255. The van der Waals surface area contributed by atoms with E-state index in [9.17, 15) is 4.79 Å². The Bertz CT molecular complexity index is 912. The first-order valence-corrected chi connectivity index (χ1v) is 10.1. The number of aryl methyl sites for hydroxylation is 2. The third kappa shape index (κ3) is 5.29. The zero-order valence-corrected chi connectivity index (χ0v) is 16.8. The van der Waals surface area contributed by atoms with Crippen LogP contribution in [-0.2, 0) is 12.8 Å². The zero-order valence-electron chi connectivity index (χ0n) is 16.0. The van der Waals surface area contributed by atoms with Crippen LogP contribution < -0.4 is 14.8 Å². The van der Waals surface area contributed by atoms with Crippen LogP contribution in [0.2, 0.25) is 0 Å². The first kappa shape index (κ1) is 19.8. The van der Waals surface area contributed by atoms with Gasteiger partial charge in [-0.15, -0.1) is 10.2 Å². The van der Waals surface area contributed by atoms with Gasteiger partial charge in [-0.25, -0.2) is 0 Å². The van der Waals surface area contributed by atoms with Crippen LogP contribution >= 0.6 is 11.3 Å². The maximum absolute atomic E-state index is 12.6. The summed E-state index contributed by atoms with van der Waals surface area (Å²) in [5.41, 5.74) is 1.73. The van der Waals surface area contributed by atoms with E-state index in [1.54, 1.807) is 18.2 Å². The fourth-order valence-corrected chi connectivity index (χ4v) is 3.40. The molecule has 0 saturated heterocycles. The van der Waals surface area contributed by atoms with Crippen molar-refractivity contribution in [2.24, 2.45) is 0 Å². The lowest BCUT2D eigenvalue weighted by Crippen LogP contribution is -2.12. The summed E-state index contributed by atoms with van der Waals surface area (Å²) in [5.74, 6) is 0.924. The molecule has 1 heterocycles. The third-order valence-electron chi connectivity index (χ3n) is 3.96. The second-order valence-corrected chi connectivity index (χ2v) is 7.03. The van der Waals surface area contributed by atoms with Gasteiger partial charge in [-0.1, -0.05) is 41.7 Å². The lowest BCUT2D eigenvalue weighted by molar-refractivity contribution is 0.102. The molecule has 1 aromatic heterocycles. The van der Waals surface area contributed by atoms with Crippen LogP contribution in [-0.4, -0.2) is 29.3 Å². The molecule has 0 bridgehead atoms. The molecule has 0 aliphatic heterocycles. The van der Waals surface area contributed by atoms with Crippen molar-refractivity contribution in [3.05, 3.63) is 64.7 Å². The summed E-state index contributed by atoms with van der Waals surface area (Å²) in [6.45, 7) is 4.82. The highest BCUT2D eigenvalue weighted by molar-refractivity contribution is 7.15. The number of nitrogens with one attached hydrogen (secondary N) is 1. The third-order valence-corrected chi connectivity index (χ3v) is 4.86. The number of hydrogen-bond donors (Lipinski definition) is 1. The van der Waals surface area contributed by atoms with Gasteiger partial charge in [0.15, 0.2) is 11.5 Å². The summed E-state index contributed by atoms with van der Waals surface area (Å²) < 4.78 is 11.1. The summed E-state index contributed by atoms with van der Waals surface area (Å²) >= 11 is 1.39. The van der Waals surface area contributed by atoms with Crippen LogP contribution in [0, 0.1) is 0 Å². The van der Waals surface area contributed by atoms with Crippen LogP contribution in [0.4, 0.5) is 5.13 Å². The Morgan fingerprint density at radius 1 is 0.964 bits per heavy atom. The van der Waals surface area contributed by atoms with Crippen molar-refractivity contribution in [2.75, 3.05) is 18.5 Å². The first-order chi connectivity index (χ1) is 13.7. The van der Waals surface area contributed by atoms with Gasteiger partial charge in [0.1, 0.15) is 5.01 Å². The molecule has 0 spiro atoms. The largest absolute Gasteiger partial charge is 0.490 e. The molecule has 0 radical (unpaired) electrons. The second-order valence-electron chi connectivity index (χ2n) is 5.97. The average molecular weight is 398 g/mol. The van der Waals surface area contributed by atoms with Gasteiger partial charge in [0.05, 0.1) is 13.2 Å². The molecule has 7 heteroatoms. The smallest absolute Gasteiger partial charge is 0.257 e. The quantitative estimate of drug-likeness (QED) is 0.580. The Morgan fingerprint density at radius 3 is 2.46 bits per heavy atom. The Hall–Kier alpha value is -2.93. The highest BCUT2D eigenvalue weighted by Gasteiger charge is 2.14. The molecular formula is C21H23N3O3S. The van der Waals surface area contributed by atoms with E-state index in [1.807, 2.05) is 32.0 Å². The molecule has 2 aromatic carbocycles. The van der Waals surface area contributed by atoms with Gasteiger partial charge < -0.3 is 9.47 Å². The van der Waals surface area contributed by atoms with Crippen LogP contribution in [0.15, 0.2) is 48.5 Å². The van der Waals surface area contributed by atoms with Crippen molar-refractivity contribution < 1.29 is 14.3 Å². The van der Waals surface area contributed by atoms with Gasteiger partial charge in [-0.3, -0.25) is 10.1 Å². The van der Waals surface area contributed by atoms with E-state index in [0.29, 0.717) is 35.4 Å². The van der Waals surface area contributed by atoms with Crippen molar-refractivity contribution in [1.82, 2.24) is 10.2 Å². The molecule has 0 unspecified atom stereocenters. The summed E-state index contributed by atoms with van der Waals surface area (Å²) in [5, 5.41) is 12.4. The number of anilines is 1. The summed E-state index contributed by atoms with van der Waals surface area (Å²) in [6, 6.07) is 15.4. The number of amides is 1. The molecule has 3 aromatic rings. The van der Waals surface area contributed by atoms with E-state index in [-0.39, 0.29) is 5.91 Å². The van der Waals surface area contributed by atoms with E-state index in [2.05, 4.69) is 27.6 Å². The van der Waals surface area contributed by atoms with Crippen LogP contribution in [0.1, 0.15) is 34.8 Å². The van der Waals surface area contributed by atoms with Crippen molar-refractivity contribution in [3.8, 4) is 11.5 Å². The van der Waals surface area contributed by atoms with Gasteiger partial charge in [0, 0.05) is 12.0 Å². The summed E-state index contributed by atoms with van der Waals surface area (Å²) in [6.07, 6.45) is 1.68. The highest BCUT2D eigenvalue weighted by Crippen LogP contribution is 2.29. The number of rotatable bonds is 9. The van der Waals surface area contributed by atoms with E-state index in [1.165, 1.54) is 16.9 Å². The van der Waals surface area contributed by atoms with Gasteiger partial charge in [-0.05, 0) is 44.0 Å². The van der Waals surface area contributed by atoms with Crippen molar-refractivity contribution in [1.29, 1.82) is 0 Å². The number of aromatic nitrogens is 2. The molecule has 0 fully saturated rings. The molecule has 28 heavy (non-hydrogen) atoms. The Balaban J connectivity index is 1.63. The number of nitrogens with zero attached hydrogens (tertiary/aromatic N) is 2. The van der Waals surface area contributed by atoms with Crippen molar-refractivity contribution in [3.63, 3.8) is 0 Å². The lowest BCUT2D eigenvalue weighted by atomic mass is 10.1. The van der Waals surface area contributed by atoms with Gasteiger partial charge in [-0.2, -0.15) is 0 Å². The molecule has 146 valence electrons. The molecule has 0 aliphatic rings. The number of ether oxygens (including phenoxy) is 2. The maximum atomic E-state index is 12.6. The number of benzene rings is 2. The van der Waals surface area contributed by atoms with E-state index >= 15 is 0 Å². The average Bonchev–Trinajstić information content (AvgIpc) is 3.16. The highest BCUT2D eigenvalue weighted by atomic mass is 32.1. The minimum atomic E-state index is -0.255. The van der Waals surface area contributed by atoms with E-state index in [4.69, 9.17) is 9.47 Å². The monoisotopic (exact) mass is 397 g/mol. The predicted octanol–water partition coefficient (Wildman–Crippen LogP) is 4.37. The van der Waals surface area contributed by atoms with E-state index in [0.717, 1.165) is 17.8 Å². The number of hydrogen-bond acceptors (Lipinski definition) is 6. The van der Waals surface area contributed by atoms with Gasteiger partial charge in [0.2, 0.25) is 5.13 Å². The van der Waals surface area contributed by atoms with Gasteiger partial charge >= 0.3 is 0 Å². The fraction of sp³-hybridized carbons (Fsp3) is 0.286. The molecule has 6 nitrogen and oxygen atoms in total. The molecular weight excluding hydrogens is 374 g/mol. The second kappa shape index (κ2) is 9.85. The van der Waals surface area contributed by atoms with Crippen LogP contribution in [0.3, 0.4) is 0 Å². The van der Waals surface area contributed by atoms with E-state index < -0.39 is 0 Å². The Kier molecular flexibility index (Phi) is 6.97. The van der Waals surface area contributed by atoms with Crippen LogP contribution in [0.5, 0.6) is 11.5 Å². The molecule has 0 saturated carbocycles. The Labute approximate surface area is 168 Å². The standard InChI is InChI=1S/C21H23N3O3S/c1-3-26-17-12-11-16(14-18(17)27-4-2)20(25)22-21-24-23-19(28-21)13-10-15-8-6-5-7-9-15/h5-9,11-12,14H,3-4,10,13H2,1-2H3,(H,22,24,25). The maximum Gasteiger partial charge on any atom is 0.257 e. The van der Waals surface area contributed by atoms with Crippen molar-refractivity contribution in [2.45, 2.75) is 26.7 Å². The first-order valence-electron chi connectivity index (χ1n) is 9.27. The summed E-state index contributed by atoms with van der Waals surface area (Å²) in [7, 11) is 0. The number of carbonyl (C=O) groups is 1. The number of carbonyl (C=O) groups excluding carboxylic acids is 1. The van der Waals surface area contributed by atoms with Crippen molar-refractivity contribution >= 4 is 22.4 Å². The van der Waals surface area contributed by atoms with Gasteiger partial charge in [0.25, 0.3) is 5.91 Å². The molecule has 1 amide bonds. The lowest BCUT2D eigenvalue weighted by Gasteiger charge is -2.12. The summed E-state index contributed by atoms with van der Waals surface area (Å²) in [4.78, 5) is 12.6. The topological polar surface area (TPSA) is 73.3 Å². The molecule has 1 N–H and O–H groups in total.